The predicted octanol–water partition coefficient (Wildman–Crippen LogP) is 3.73. The molecule has 0 saturated carbocycles. The molecule has 0 fully saturated rings. The van der Waals surface area contributed by atoms with Crippen LogP contribution in [0.1, 0.15) is 5.69 Å². The van der Waals surface area contributed by atoms with Crippen LogP contribution in [0.3, 0.4) is 0 Å². The predicted molar refractivity (Wildman–Crippen MR) is 78.7 cm³/mol. The average molecular weight is 288 g/mol. The second kappa shape index (κ2) is 5.05. The fourth-order valence-electron chi connectivity index (χ4n) is 1.92. The van der Waals surface area contributed by atoms with Crippen LogP contribution in [0.5, 0.6) is 0 Å². The van der Waals surface area contributed by atoms with Crippen LogP contribution in [0.15, 0.2) is 35.7 Å². The minimum atomic E-state index is -0.243. The largest absolute Gasteiger partial charge is 0.316 e. The molecule has 1 aromatic carbocycles. The topological polar surface area (TPSA) is 42.7 Å². The van der Waals surface area contributed by atoms with Gasteiger partial charge in [0.25, 0.3) is 0 Å². The summed E-state index contributed by atoms with van der Waals surface area (Å²) in [6.45, 7) is 1.94. The first-order valence-electron chi connectivity index (χ1n) is 6.11. The maximum absolute atomic E-state index is 12.9. The van der Waals surface area contributed by atoms with Crippen molar-refractivity contribution in [1.29, 1.82) is 0 Å². The van der Waals surface area contributed by atoms with Crippen molar-refractivity contribution >= 4 is 22.3 Å². The lowest BCUT2D eigenvalue weighted by Crippen LogP contribution is -1.98. The number of aryl methyl sites for hydroxylation is 2. The van der Waals surface area contributed by atoms with E-state index < -0.39 is 0 Å². The lowest BCUT2D eigenvalue weighted by Gasteiger charge is -2.01. The molecule has 3 aromatic rings. The third kappa shape index (κ3) is 2.55. The summed E-state index contributed by atoms with van der Waals surface area (Å²) in [5, 5.41) is 10.2. The number of benzene rings is 1. The fourth-order valence-corrected chi connectivity index (χ4v) is 2.65. The minimum Gasteiger partial charge on any atom is -0.316 e. The number of anilines is 2. The number of hydrogen-bond acceptors (Lipinski definition) is 4. The zero-order valence-corrected chi connectivity index (χ0v) is 11.9. The monoisotopic (exact) mass is 288 g/mol. The Morgan fingerprint density at radius 2 is 2.00 bits per heavy atom. The van der Waals surface area contributed by atoms with Gasteiger partial charge in [-0.25, -0.2) is 9.37 Å². The van der Waals surface area contributed by atoms with Crippen LogP contribution in [0.25, 0.3) is 11.3 Å². The molecule has 2 heterocycles. The lowest BCUT2D eigenvalue weighted by molar-refractivity contribution is 0.628. The van der Waals surface area contributed by atoms with E-state index in [-0.39, 0.29) is 5.82 Å². The highest BCUT2D eigenvalue weighted by Gasteiger charge is 2.07. The SMILES string of the molecule is Cc1cc(Nc2nc(-c3ccc(F)cc3)cs2)n(C)n1. The quantitative estimate of drug-likeness (QED) is 0.798. The molecule has 0 spiro atoms. The summed E-state index contributed by atoms with van der Waals surface area (Å²) in [6.07, 6.45) is 0. The number of halogens is 1. The van der Waals surface area contributed by atoms with Gasteiger partial charge in [-0.3, -0.25) is 4.68 Å². The van der Waals surface area contributed by atoms with Gasteiger partial charge >= 0.3 is 0 Å². The summed E-state index contributed by atoms with van der Waals surface area (Å²) in [7, 11) is 1.88. The second-order valence-electron chi connectivity index (χ2n) is 4.46. The molecule has 4 nitrogen and oxygen atoms in total. The van der Waals surface area contributed by atoms with Crippen LogP contribution < -0.4 is 5.32 Å². The number of aromatic nitrogens is 3. The second-order valence-corrected chi connectivity index (χ2v) is 5.32. The Hall–Kier alpha value is -2.21. The molecule has 3 rings (SSSR count). The van der Waals surface area contributed by atoms with E-state index in [0.717, 1.165) is 27.9 Å². The van der Waals surface area contributed by atoms with Gasteiger partial charge in [0, 0.05) is 24.1 Å². The summed E-state index contributed by atoms with van der Waals surface area (Å²) in [4.78, 5) is 4.50. The molecule has 0 aliphatic heterocycles. The molecule has 20 heavy (non-hydrogen) atoms. The molecule has 0 bridgehead atoms. The van der Waals surface area contributed by atoms with E-state index in [9.17, 15) is 4.39 Å². The van der Waals surface area contributed by atoms with Crippen LogP contribution in [-0.4, -0.2) is 14.8 Å². The van der Waals surface area contributed by atoms with Crippen LogP contribution in [-0.2, 0) is 7.05 Å². The van der Waals surface area contributed by atoms with Gasteiger partial charge in [-0.1, -0.05) is 0 Å². The van der Waals surface area contributed by atoms with E-state index in [1.54, 1.807) is 16.8 Å². The molecule has 0 amide bonds. The minimum absolute atomic E-state index is 0.243. The van der Waals surface area contributed by atoms with Crippen molar-refractivity contribution in [3.8, 4) is 11.3 Å². The van der Waals surface area contributed by atoms with E-state index in [0.29, 0.717) is 0 Å². The average Bonchev–Trinajstić information content (AvgIpc) is 2.98. The van der Waals surface area contributed by atoms with Gasteiger partial charge in [0.05, 0.1) is 11.4 Å². The molecule has 102 valence electrons. The molecule has 0 radical (unpaired) electrons. The number of rotatable bonds is 3. The van der Waals surface area contributed by atoms with Gasteiger partial charge in [-0.15, -0.1) is 11.3 Å². The van der Waals surface area contributed by atoms with Gasteiger partial charge < -0.3 is 5.32 Å². The highest BCUT2D eigenvalue weighted by atomic mass is 32.1. The molecule has 0 aliphatic rings. The van der Waals surface area contributed by atoms with E-state index >= 15 is 0 Å². The third-order valence-electron chi connectivity index (χ3n) is 2.88. The first kappa shape index (κ1) is 12.8. The maximum atomic E-state index is 12.9. The molecule has 6 heteroatoms. The highest BCUT2D eigenvalue weighted by Crippen LogP contribution is 2.27. The molecule has 0 unspecified atom stereocenters. The van der Waals surface area contributed by atoms with Crippen molar-refractivity contribution in [2.24, 2.45) is 7.05 Å². The van der Waals surface area contributed by atoms with Gasteiger partial charge in [0.1, 0.15) is 11.6 Å². The smallest absolute Gasteiger partial charge is 0.188 e. The van der Waals surface area contributed by atoms with Crippen LogP contribution in [0.4, 0.5) is 15.3 Å². The van der Waals surface area contributed by atoms with E-state index in [4.69, 9.17) is 0 Å². The summed E-state index contributed by atoms with van der Waals surface area (Å²) < 4.78 is 14.7. The molecular formula is C14H13FN4S. The normalized spacial score (nSPS) is 10.8. The lowest BCUT2D eigenvalue weighted by atomic mass is 10.2. The van der Waals surface area contributed by atoms with Crippen LogP contribution in [0.2, 0.25) is 0 Å². The fraction of sp³-hybridized carbons (Fsp3) is 0.143. The Morgan fingerprint density at radius 3 is 2.65 bits per heavy atom. The van der Waals surface area contributed by atoms with Crippen molar-refractivity contribution in [2.75, 3.05) is 5.32 Å². The number of nitrogens with one attached hydrogen (secondary N) is 1. The molecule has 2 aromatic heterocycles. The van der Waals surface area contributed by atoms with Gasteiger partial charge in [0.2, 0.25) is 0 Å². The Labute approximate surface area is 119 Å². The zero-order chi connectivity index (χ0) is 14.1. The van der Waals surface area contributed by atoms with Gasteiger partial charge in [-0.2, -0.15) is 5.10 Å². The van der Waals surface area contributed by atoms with Crippen molar-refractivity contribution in [3.63, 3.8) is 0 Å². The summed E-state index contributed by atoms with van der Waals surface area (Å²) in [6, 6.07) is 8.28. The van der Waals surface area contributed by atoms with Crippen molar-refractivity contribution in [1.82, 2.24) is 14.8 Å². The highest BCUT2D eigenvalue weighted by molar-refractivity contribution is 7.14. The summed E-state index contributed by atoms with van der Waals surface area (Å²) in [5.41, 5.74) is 2.68. The molecular weight excluding hydrogens is 275 g/mol. The number of hydrogen-bond donors (Lipinski definition) is 1. The Balaban J connectivity index is 1.83. The standard InChI is InChI=1S/C14H13FN4S/c1-9-7-13(19(2)18-9)17-14-16-12(8-20-14)10-3-5-11(15)6-4-10/h3-8H,1-2H3,(H,16,17). The summed E-state index contributed by atoms with van der Waals surface area (Å²) in [5.74, 6) is 0.648. The first-order valence-corrected chi connectivity index (χ1v) is 6.99. The Kier molecular flexibility index (Phi) is 3.23. The van der Waals surface area contributed by atoms with Crippen LogP contribution >= 0.6 is 11.3 Å². The summed E-state index contributed by atoms with van der Waals surface area (Å²) >= 11 is 1.50. The van der Waals surface area contributed by atoms with Gasteiger partial charge in [0.15, 0.2) is 5.13 Å². The van der Waals surface area contributed by atoms with E-state index in [2.05, 4.69) is 15.4 Å². The molecule has 0 atom stereocenters. The zero-order valence-electron chi connectivity index (χ0n) is 11.1. The Bertz CT molecular complexity index is 730. The maximum Gasteiger partial charge on any atom is 0.188 e. The third-order valence-corrected chi connectivity index (χ3v) is 3.64. The van der Waals surface area contributed by atoms with Crippen LogP contribution in [0, 0.1) is 12.7 Å². The first-order chi connectivity index (χ1) is 9.61. The molecule has 1 N–H and O–H groups in total. The molecule has 0 saturated heterocycles. The van der Waals surface area contributed by atoms with Crippen molar-refractivity contribution < 1.29 is 4.39 Å². The Morgan fingerprint density at radius 1 is 1.25 bits per heavy atom. The van der Waals surface area contributed by atoms with E-state index in [1.165, 1.54) is 23.5 Å². The molecule has 0 aliphatic carbocycles. The van der Waals surface area contributed by atoms with Gasteiger partial charge in [-0.05, 0) is 31.2 Å². The van der Waals surface area contributed by atoms with E-state index in [1.807, 2.05) is 25.4 Å². The van der Waals surface area contributed by atoms with Crippen molar-refractivity contribution in [2.45, 2.75) is 6.92 Å². The van der Waals surface area contributed by atoms with Crippen molar-refractivity contribution in [3.05, 3.63) is 47.2 Å². The number of nitrogens with zero attached hydrogens (tertiary/aromatic N) is 3. The number of thiazole rings is 1.